The average Bonchev–Trinajstić information content (AvgIpc) is 2.94. The van der Waals surface area contributed by atoms with Crippen LogP contribution in [0.2, 0.25) is 0 Å². The smallest absolute Gasteiger partial charge is 0.335 e. The number of aliphatic carboxylic acids is 2. The van der Waals surface area contributed by atoms with Crippen LogP contribution in [0.5, 0.6) is 0 Å². The molecule has 0 aromatic carbocycles. The molecule has 4 saturated carbocycles. The second-order valence-corrected chi connectivity index (χ2v) is 17.9. The molecule has 0 spiro atoms. The summed E-state index contributed by atoms with van der Waals surface area (Å²) in [6, 6.07) is 0. The largest absolute Gasteiger partial charge is 0.481 e. The standard InChI is InChI=1S/C36H56O9/c1-31(2)14-16-36(30(42)43)17-15-34(6)19(20(36)18-31)8-9-22-33(5)12-11-23(32(3,4)21(33)10-13-35(22,34)7)44-29-26(39)24(37)25(38)27(45-29)28(40)41/h8,20-27,29,37-39H,9-18H2,1-7H3,(H,40,41)(H,42,43)/t20-,21-,22+,23-,24-,25-,26+,27-,29-,33-,34+,35+,36-/m0/s1. The maximum Gasteiger partial charge on any atom is 0.335 e. The highest BCUT2D eigenvalue weighted by atomic mass is 16.7. The number of carbonyl (C=O) groups is 2. The Hall–Kier alpha value is -1.52. The highest BCUT2D eigenvalue weighted by Crippen LogP contribution is 2.76. The van der Waals surface area contributed by atoms with Crippen LogP contribution >= 0.6 is 0 Å². The molecule has 1 saturated heterocycles. The van der Waals surface area contributed by atoms with Crippen LogP contribution in [0.4, 0.5) is 0 Å². The lowest BCUT2D eigenvalue weighted by Gasteiger charge is -2.71. The predicted molar refractivity (Wildman–Crippen MR) is 166 cm³/mol. The summed E-state index contributed by atoms with van der Waals surface area (Å²) in [4.78, 5) is 24.6. The van der Waals surface area contributed by atoms with Crippen LogP contribution in [0.25, 0.3) is 0 Å². The van der Waals surface area contributed by atoms with Crippen molar-refractivity contribution in [3.8, 4) is 0 Å². The fourth-order valence-electron chi connectivity index (χ4n) is 12.2. The van der Waals surface area contributed by atoms with Crippen LogP contribution in [0, 0.1) is 50.2 Å². The third kappa shape index (κ3) is 4.57. The van der Waals surface area contributed by atoms with Crippen LogP contribution in [-0.2, 0) is 19.1 Å². The molecule has 13 atom stereocenters. The van der Waals surface area contributed by atoms with Gasteiger partial charge in [0.25, 0.3) is 0 Å². The fraction of sp³-hybridized carbons (Fsp3) is 0.889. The minimum atomic E-state index is -1.75. The molecule has 0 aromatic rings. The molecule has 5 N–H and O–H groups in total. The summed E-state index contributed by atoms with van der Waals surface area (Å²) in [7, 11) is 0. The highest BCUT2D eigenvalue weighted by Gasteiger charge is 2.69. The number of fused-ring (bicyclic) bond motifs is 7. The van der Waals surface area contributed by atoms with Gasteiger partial charge in [-0.25, -0.2) is 4.79 Å². The predicted octanol–water partition coefficient (Wildman–Crippen LogP) is 5.15. The number of hydrogen-bond acceptors (Lipinski definition) is 7. The minimum Gasteiger partial charge on any atom is -0.481 e. The first kappa shape index (κ1) is 33.4. The molecular weight excluding hydrogens is 576 g/mol. The first-order chi connectivity index (χ1) is 20.7. The van der Waals surface area contributed by atoms with Crippen molar-refractivity contribution in [1.29, 1.82) is 0 Å². The van der Waals surface area contributed by atoms with E-state index in [0.717, 1.165) is 57.8 Å². The zero-order chi connectivity index (χ0) is 33.1. The SMILES string of the molecule is CC1(C)CC[C@]2(C(=O)O)CC[C@]3(C)C(=CC[C@@H]4[C@@]5(C)CC[C@H](O[C@H]6O[C@H](C(=O)O)[C@@H](O)[C@H](O)[C@H]6O)C(C)(C)[C@@H]5CC[C@]43C)[C@@H]2C1. The van der Waals surface area contributed by atoms with Gasteiger partial charge in [0.05, 0.1) is 11.5 Å². The zero-order valence-electron chi connectivity index (χ0n) is 28.2. The maximum atomic E-state index is 12.9. The number of allylic oxidation sites excluding steroid dienone is 2. The number of aliphatic hydroxyl groups excluding tert-OH is 3. The Kier molecular flexibility index (Phi) is 7.78. The third-order valence-electron chi connectivity index (χ3n) is 15.1. The maximum absolute atomic E-state index is 12.9. The van der Waals surface area contributed by atoms with E-state index in [2.05, 4.69) is 54.5 Å². The molecular formula is C36H56O9. The topological polar surface area (TPSA) is 154 Å². The Balaban J connectivity index is 1.29. The lowest BCUT2D eigenvalue weighted by atomic mass is 9.33. The second-order valence-electron chi connectivity index (χ2n) is 17.9. The van der Waals surface area contributed by atoms with Crippen molar-refractivity contribution in [1.82, 2.24) is 0 Å². The molecule has 0 amide bonds. The molecule has 0 radical (unpaired) electrons. The van der Waals surface area contributed by atoms with Gasteiger partial charge in [-0.05, 0) is 109 Å². The van der Waals surface area contributed by atoms with Crippen LogP contribution in [0.1, 0.15) is 113 Å². The van der Waals surface area contributed by atoms with Gasteiger partial charge in [-0.3, -0.25) is 4.79 Å². The summed E-state index contributed by atoms with van der Waals surface area (Å²) in [5.74, 6) is -1.24. The number of aliphatic hydroxyl groups is 3. The van der Waals surface area contributed by atoms with E-state index in [-0.39, 0.29) is 39.1 Å². The van der Waals surface area contributed by atoms with Crippen molar-refractivity contribution in [3.63, 3.8) is 0 Å². The molecule has 1 heterocycles. The van der Waals surface area contributed by atoms with Crippen LogP contribution in [0.15, 0.2) is 11.6 Å². The molecule has 254 valence electrons. The quantitative estimate of drug-likeness (QED) is 0.209. The fourth-order valence-corrected chi connectivity index (χ4v) is 12.2. The Bertz CT molecular complexity index is 1260. The van der Waals surface area contributed by atoms with E-state index in [1.54, 1.807) is 0 Å². The Labute approximate surface area is 267 Å². The molecule has 45 heavy (non-hydrogen) atoms. The number of carboxylic acid groups (broad SMARTS) is 2. The van der Waals surface area contributed by atoms with E-state index in [9.17, 15) is 35.1 Å². The molecule has 5 aliphatic carbocycles. The molecule has 1 aliphatic heterocycles. The van der Waals surface area contributed by atoms with Gasteiger partial charge in [-0.15, -0.1) is 0 Å². The molecule has 6 aliphatic rings. The molecule has 0 aromatic heterocycles. The lowest BCUT2D eigenvalue weighted by molar-refractivity contribution is -0.324. The van der Waals surface area contributed by atoms with E-state index in [0.29, 0.717) is 18.3 Å². The molecule has 9 heteroatoms. The van der Waals surface area contributed by atoms with Crippen molar-refractivity contribution in [2.24, 2.45) is 50.2 Å². The van der Waals surface area contributed by atoms with Gasteiger partial charge in [-0.2, -0.15) is 0 Å². The number of ether oxygens (including phenoxy) is 2. The normalized spacial score (nSPS) is 51.9. The lowest BCUT2D eigenvalue weighted by Crippen LogP contribution is -2.66. The summed E-state index contributed by atoms with van der Waals surface area (Å²) in [6.45, 7) is 16.4. The van der Waals surface area contributed by atoms with Gasteiger partial charge in [0, 0.05) is 0 Å². The minimum absolute atomic E-state index is 0.0000841. The van der Waals surface area contributed by atoms with E-state index >= 15 is 0 Å². The van der Waals surface area contributed by atoms with Gasteiger partial charge in [-0.1, -0.05) is 60.1 Å². The third-order valence-corrected chi connectivity index (χ3v) is 15.1. The number of carboxylic acids is 2. The van der Waals surface area contributed by atoms with E-state index in [4.69, 9.17) is 9.47 Å². The van der Waals surface area contributed by atoms with Crippen LogP contribution in [-0.4, -0.2) is 74.3 Å². The summed E-state index contributed by atoms with van der Waals surface area (Å²) >= 11 is 0. The summed E-state index contributed by atoms with van der Waals surface area (Å²) in [6.07, 6.45) is 2.94. The molecule has 6 rings (SSSR count). The first-order valence-corrected chi connectivity index (χ1v) is 17.3. The van der Waals surface area contributed by atoms with Gasteiger partial charge in [0.15, 0.2) is 12.4 Å². The molecule has 9 nitrogen and oxygen atoms in total. The van der Waals surface area contributed by atoms with Crippen molar-refractivity contribution >= 4 is 11.9 Å². The highest BCUT2D eigenvalue weighted by molar-refractivity contribution is 5.76. The van der Waals surface area contributed by atoms with Crippen molar-refractivity contribution in [3.05, 3.63) is 11.6 Å². The molecule has 0 unspecified atom stereocenters. The van der Waals surface area contributed by atoms with Gasteiger partial charge < -0.3 is 35.0 Å². The van der Waals surface area contributed by atoms with Gasteiger partial charge >= 0.3 is 11.9 Å². The molecule has 0 bridgehead atoms. The summed E-state index contributed by atoms with van der Waals surface area (Å²) in [5, 5.41) is 51.4. The Morgan fingerprint density at radius 2 is 1.49 bits per heavy atom. The monoisotopic (exact) mass is 632 g/mol. The summed E-state index contributed by atoms with van der Waals surface area (Å²) < 4.78 is 11.9. The summed E-state index contributed by atoms with van der Waals surface area (Å²) in [5.41, 5.74) is 0.508. The Morgan fingerprint density at radius 1 is 0.822 bits per heavy atom. The van der Waals surface area contributed by atoms with Crippen LogP contribution < -0.4 is 0 Å². The van der Waals surface area contributed by atoms with Crippen molar-refractivity contribution in [2.45, 2.75) is 149 Å². The first-order valence-electron chi connectivity index (χ1n) is 17.3. The molecule has 5 fully saturated rings. The van der Waals surface area contributed by atoms with Gasteiger partial charge in [0.1, 0.15) is 18.3 Å². The second kappa shape index (κ2) is 10.5. The Morgan fingerprint density at radius 3 is 2.13 bits per heavy atom. The van der Waals surface area contributed by atoms with E-state index in [1.165, 1.54) is 5.57 Å². The van der Waals surface area contributed by atoms with Crippen molar-refractivity contribution in [2.75, 3.05) is 0 Å². The van der Waals surface area contributed by atoms with Gasteiger partial charge in [0.2, 0.25) is 0 Å². The van der Waals surface area contributed by atoms with E-state index in [1.807, 2.05) is 0 Å². The number of rotatable bonds is 4. The van der Waals surface area contributed by atoms with Crippen LogP contribution in [0.3, 0.4) is 0 Å². The average molecular weight is 633 g/mol. The van der Waals surface area contributed by atoms with Crippen molar-refractivity contribution < 1.29 is 44.6 Å². The zero-order valence-corrected chi connectivity index (χ0v) is 28.2. The van der Waals surface area contributed by atoms with E-state index < -0.39 is 48.1 Å². The number of hydrogen-bond donors (Lipinski definition) is 5.